The van der Waals surface area contributed by atoms with Gasteiger partial charge in [0.15, 0.2) is 0 Å². The summed E-state index contributed by atoms with van der Waals surface area (Å²) in [5.74, 6) is 5.22. The molecule has 0 radical (unpaired) electrons. The molecule has 0 saturated carbocycles. The Morgan fingerprint density at radius 1 is 1.47 bits per heavy atom. The van der Waals surface area contributed by atoms with Crippen LogP contribution in [-0.4, -0.2) is 31.4 Å². The molecule has 84 valence electrons. The standard InChI is InChI=1S/C11H18N2OS/c1-8-9(2)12-13(10(8)3)11-5-6-15(4,14)7-11/h11H,4-7H2,1-3H3/t11-,15?/m0/s1. The molecule has 1 fully saturated rings. The first-order valence-corrected chi connectivity index (χ1v) is 7.32. The Labute approximate surface area is 91.5 Å². The second kappa shape index (κ2) is 3.37. The van der Waals surface area contributed by atoms with E-state index in [0.717, 1.165) is 17.9 Å². The maximum atomic E-state index is 11.8. The lowest BCUT2D eigenvalue weighted by molar-refractivity contribution is 0.487. The van der Waals surface area contributed by atoms with Crippen molar-refractivity contribution in [2.45, 2.75) is 33.2 Å². The number of rotatable bonds is 1. The normalized spacial score (nSPS) is 31.0. The molecule has 0 amide bonds. The number of aryl methyl sites for hydroxylation is 1. The average molecular weight is 226 g/mol. The van der Waals surface area contributed by atoms with Crippen molar-refractivity contribution >= 4 is 15.4 Å². The smallest absolute Gasteiger partial charge is 0.0640 e. The monoisotopic (exact) mass is 226 g/mol. The highest BCUT2D eigenvalue weighted by molar-refractivity contribution is 8.00. The lowest BCUT2D eigenvalue weighted by Gasteiger charge is -2.11. The molecule has 1 unspecified atom stereocenters. The molecule has 1 aliphatic heterocycles. The highest BCUT2D eigenvalue weighted by atomic mass is 32.2. The average Bonchev–Trinajstić information content (AvgIpc) is 2.62. The quantitative estimate of drug-likeness (QED) is 0.680. The van der Waals surface area contributed by atoms with Crippen molar-refractivity contribution < 1.29 is 4.21 Å². The molecule has 0 aliphatic carbocycles. The van der Waals surface area contributed by atoms with Gasteiger partial charge < -0.3 is 0 Å². The van der Waals surface area contributed by atoms with Gasteiger partial charge in [0.05, 0.1) is 11.7 Å². The summed E-state index contributed by atoms with van der Waals surface area (Å²) >= 11 is 0. The van der Waals surface area contributed by atoms with Crippen molar-refractivity contribution in [1.82, 2.24) is 9.78 Å². The first kappa shape index (κ1) is 10.7. The van der Waals surface area contributed by atoms with Gasteiger partial charge >= 0.3 is 0 Å². The Morgan fingerprint density at radius 3 is 2.53 bits per heavy atom. The molecular weight excluding hydrogens is 208 g/mol. The maximum absolute atomic E-state index is 11.8. The van der Waals surface area contributed by atoms with E-state index in [2.05, 4.69) is 24.8 Å². The SMILES string of the molecule is C=S1(=O)CC[C@H](n2nc(C)c(C)c2C)C1. The van der Waals surface area contributed by atoms with Gasteiger partial charge in [-0.25, -0.2) is 0 Å². The highest BCUT2D eigenvalue weighted by Gasteiger charge is 2.27. The molecule has 1 aromatic rings. The first-order valence-electron chi connectivity index (χ1n) is 5.25. The van der Waals surface area contributed by atoms with Crippen LogP contribution >= 0.6 is 0 Å². The topological polar surface area (TPSA) is 34.9 Å². The van der Waals surface area contributed by atoms with Crippen LogP contribution < -0.4 is 0 Å². The number of hydrogen-bond donors (Lipinski definition) is 0. The maximum Gasteiger partial charge on any atom is 0.0640 e. The zero-order valence-electron chi connectivity index (χ0n) is 9.62. The minimum Gasteiger partial charge on any atom is -0.268 e. The van der Waals surface area contributed by atoms with Gasteiger partial charge in [0.25, 0.3) is 0 Å². The van der Waals surface area contributed by atoms with Gasteiger partial charge in [-0.1, -0.05) is 0 Å². The van der Waals surface area contributed by atoms with Gasteiger partial charge in [-0.2, -0.15) is 5.10 Å². The Morgan fingerprint density at radius 2 is 2.13 bits per heavy atom. The summed E-state index contributed by atoms with van der Waals surface area (Å²) in [6.45, 7) is 6.19. The minimum absolute atomic E-state index is 0.294. The van der Waals surface area contributed by atoms with Gasteiger partial charge in [0.2, 0.25) is 0 Å². The molecule has 2 rings (SSSR count). The second-order valence-electron chi connectivity index (χ2n) is 4.52. The van der Waals surface area contributed by atoms with Crippen molar-refractivity contribution in [3.05, 3.63) is 17.0 Å². The molecular formula is C11H18N2OS. The Hall–Kier alpha value is -0.770. The van der Waals surface area contributed by atoms with Crippen molar-refractivity contribution in [2.24, 2.45) is 0 Å². The molecule has 3 nitrogen and oxygen atoms in total. The lowest BCUT2D eigenvalue weighted by Crippen LogP contribution is -2.13. The van der Waals surface area contributed by atoms with E-state index in [4.69, 9.17) is 0 Å². The van der Waals surface area contributed by atoms with E-state index >= 15 is 0 Å². The molecule has 1 aliphatic rings. The van der Waals surface area contributed by atoms with Crippen LogP contribution in [0.25, 0.3) is 0 Å². The fraction of sp³-hybridized carbons (Fsp3) is 0.636. The molecule has 4 heteroatoms. The van der Waals surface area contributed by atoms with Crippen LogP contribution in [0.2, 0.25) is 0 Å². The molecule has 2 atom stereocenters. The Kier molecular flexibility index (Phi) is 2.41. The molecule has 2 heterocycles. The van der Waals surface area contributed by atoms with Crippen LogP contribution in [0.15, 0.2) is 0 Å². The molecule has 0 spiro atoms. The van der Waals surface area contributed by atoms with Crippen LogP contribution in [-0.2, 0) is 9.52 Å². The van der Waals surface area contributed by atoms with Gasteiger partial charge in [0.1, 0.15) is 0 Å². The molecule has 1 saturated heterocycles. The summed E-state index contributed by atoms with van der Waals surface area (Å²) in [5, 5.41) is 4.52. The van der Waals surface area contributed by atoms with E-state index in [9.17, 15) is 4.21 Å². The van der Waals surface area contributed by atoms with Gasteiger partial charge in [-0.3, -0.25) is 8.89 Å². The largest absolute Gasteiger partial charge is 0.268 e. The Balaban J connectivity index is 2.36. The predicted octanol–water partition coefficient (Wildman–Crippen LogP) is 1.47. The van der Waals surface area contributed by atoms with Gasteiger partial charge in [0, 0.05) is 17.2 Å². The van der Waals surface area contributed by atoms with Crippen LogP contribution in [0.4, 0.5) is 0 Å². The summed E-state index contributed by atoms with van der Waals surface area (Å²) in [6.07, 6.45) is 0.948. The van der Waals surface area contributed by atoms with Crippen LogP contribution in [0, 0.1) is 20.8 Å². The van der Waals surface area contributed by atoms with E-state index in [1.807, 2.05) is 11.6 Å². The van der Waals surface area contributed by atoms with Crippen LogP contribution in [0.3, 0.4) is 0 Å². The molecule has 0 N–H and O–H groups in total. The van der Waals surface area contributed by atoms with Gasteiger partial charge in [-0.15, -0.1) is 0 Å². The summed E-state index contributed by atoms with van der Waals surface area (Å²) in [4.78, 5) is 0. The van der Waals surface area contributed by atoms with Crippen LogP contribution in [0.5, 0.6) is 0 Å². The van der Waals surface area contributed by atoms with Crippen molar-refractivity contribution in [2.75, 3.05) is 11.5 Å². The van der Waals surface area contributed by atoms with E-state index in [1.54, 1.807) is 0 Å². The third-order valence-corrected chi connectivity index (χ3v) is 5.32. The summed E-state index contributed by atoms with van der Waals surface area (Å²) in [6, 6.07) is 0.294. The third-order valence-electron chi connectivity index (χ3n) is 3.35. The molecule has 0 aromatic carbocycles. The molecule has 15 heavy (non-hydrogen) atoms. The number of nitrogens with zero attached hydrogens (tertiary/aromatic N) is 2. The minimum atomic E-state index is -1.82. The number of aromatic nitrogens is 2. The first-order chi connectivity index (χ1) is 6.91. The summed E-state index contributed by atoms with van der Waals surface area (Å²) < 4.78 is 13.9. The van der Waals surface area contributed by atoms with Crippen molar-refractivity contribution in [3.8, 4) is 0 Å². The second-order valence-corrected chi connectivity index (χ2v) is 7.19. The van der Waals surface area contributed by atoms with Crippen molar-refractivity contribution in [1.29, 1.82) is 0 Å². The third kappa shape index (κ3) is 1.83. The zero-order chi connectivity index (χ0) is 11.2. The van der Waals surface area contributed by atoms with Gasteiger partial charge in [-0.05, 0) is 48.1 Å². The van der Waals surface area contributed by atoms with E-state index in [-0.39, 0.29) is 0 Å². The molecule has 0 bridgehead atoms. The fourth-order valence-corrected chi connectivity index (χ4v) is 4.04. The van der Waals surface area contributed by atoms with E-state index < -0.39 is 9.52 Å². The predicted molar refractivity (Wildman–Crippen MR) is 65.1 cm³/mol. The van der Waals surface area contributed by atoms with Crippen LogP contribution in [0.1, 0.15) is 29.4 Å². The fourth-order valence-electron chi connectivity index (χ4n) is 2.16. The summed E-state index contributed by atoms with van der Waals surface area (Å²) in [7, 11) is -1.82. The van der Waals surface area contributed by atoms with E-state index in [1.165, 1.54) is 11.3 Å². The lowest BCUT2D eigenvalue weighted by atomic mass is 10.2. The zero-order valence-corrected chi connectivity index (χ0v) is 10.4. The number of hydrogen-bond acceptors (Lipinski definition) is 2. The summed E-state index contributed by atoms with van der Waals surface area (Å²) in [5.41, 5.74) is 3.53. The Bertz CT molecular complexity index is 485. The highest BCUT2D eigenvalue weighted by Crippen LogP contribution is 2.26. The molecule has 1 aromatic heterocycles. The van der Waals surface area contributed by atoms with E-state index in [0.29, 0.717) is 11.8 Å². The van der Waals surface area contributed by atoms with Crippen molar-refractivity contribution in [3.63, 3.8) is 0 Å².